The van der Waals surface area contributed by atoms with Crippen molar-refractivity contribution < 1.29 is 18.1 Å². The number of nitrogens with zero attached hydrogens (tertiary/aromatic N) is 1. The third-order valence-electron chi connectivity index (χ3n) is 2.78. The lowest BCUT2D eigenvalue weighted by Crippen LogP contribution is -2.20. The van der Waals surface area contributed by atoms with Gasteiger partial charge in [-0.05, 0) is 18.6 Å². The summed E-state index contributed by atoms with van der Waals surface area (Å²) >= 11 is 0. The van der Waals surface area contributed by atoms with Gasteiger partial charge in [0.15, 0.2) is 0 Å². The smallest absolute Gasteiger partial charge is 0.293 e. The molecule has 1 atom stereocenters. The number of benzene rings is 1. The lowest BCUT2D eigenvalue weighted by molar-refractivity contribution is -0.384. The van der Waals surface area contributed by atoms with Gasteiger partial charge in [0.1, 0.15) is 5.69 Å². The van der Waals surface area contributed by atoms with Crippen LogP contribution in [0.25, 0.3) is 0 Å². The van der Waals surface area contributed by atoms with Gasteiger partial charge in [0, 0.05) is 12.7 Å². The second kappa shape index (κ2) is 5.11. The highest BCUT2D eigenvalue weighted by Gasteiger charge is 2.22. The zero-order valence-corrected chi connectivity index (χ0v) is 10.7. The van der Waals surface area contributed by atoms with Gasteiger partial charge in [-0.1, -0.05) is 0 Å². The molecule has 0 radical (unpaired) electrons. The third-order valence-corrected chi connectivity index (χ3v) is 3.69. The Kier molecular flexibility index (Phi) is 3.69. The molecule has 8 nitrogen and oxygen atoms in total. The van der Waals surface area contributed by atoms with E-state index < -0.39 is 14.9 Å². The first kappa shape index (κ1) is 13.7. The number of nitro benzene ring substituents is 1. The lowest BCUT2D eigenvalue weighted by atomic mass is 10.2. The molecule has 1 aliphatic heterocycles. The first-order chi connectivity index (χ1) is 8.88. The zero-order valence-electron chi connectivity index (χ0n) is 9.90. The van der Waals surface area contributed by atoms with Crippen LogP contribution < -0.4 is 10.5 Å². The average Bonchev–Trinajstić information content (AvgIpc) is 2.80. The number of ether oxygens (including phenoxy) is 1. The number of primary sulfonamides is 1. The molecule has 3 N–H and O–H groups in total. The molecule has 0 unspecified atom stereocenters. The van der Waals surface area contributed by atoms with Crippen LogP contribution in [0.3, 0.4) is 0 Å². The molecule has 9 heteroatoms. The predicted molar refractivity (Wildman–Crippen MR) is 67.3 cm³/mol. The van der Waals surface area contributed by atoms with E-state index in [-0.39, 0.29) is 22.3 Å². The molecule has 0 bridgehead atoms. The van der Waals surface area contributed by atoms with Gasteiger partial charge in [-0.15, -0.1) is 0 Å². The number of hydrogen-bond donors (Lipinski definition) is 2. The monoisotopic (exact) mass is 287 g/mol. The molecule has 104 valence electrons. The molecule has 1 aliphatic rings. The minimum absolute atomic E-state index is 0.0148. The number of nitrogens with one attached hydrogen (secondary N) is 1. The number of anilines is 1. The summed E-state index contributed by atoms with van der Waals surface area (Å²) < 4.78 is 27.5. The first-order valence-electron chi connectivity index (χ1n) is 5.53. The Morgan fingerprint density at radius 2 is 2.21 bits per heavy atom. The second-order valence-corrected chi connectivity index (χ2v) is 5.75. The van der Waals surface area contributed by atoms with Gasteiger partial charge in [0.05, 0.1) is 22.5 Å². The Labute approximate surface area is 109 Å². The maximum Gasteiger partial charge on any atom is 0.293 e. The second-order valence-electron chi connectivity index (χ2n) is 4.19. The van der Waals surface area contributed by atoms with Crippen LogP contribution in [-0.2, 0) is 14.8 Å². The highest BCUT2D eigenvalue weighted by atomic mass is 32.2. The molecule has 1 fully saturated rings. The Morgan fingerprint density at radius 1 is 1.47 bits per heavy atom. The Morgan fingerprint density at radius 3 is 2.74 bits per heavy atom. The van der Waals surface area contributed by atoms with Crippen LogP contribution in [0.2, 0.25) is 0 Å². The summed E-state index contributed by atoms with van der Waals surface area (Å²) in [5.74, 6) is 0. The summed E-state index contributed by atoms with van der Waals surface area (Å²) in [6, 6.07) is 3.52. The van der Waals surface area contributed by atoms with Crippen molar-refractivity contribution in [2.24, 2.45) is 5.14 Å². The SMILES string of the molecule is NS(=O)(=O)c1ccc(N[C@H]2CCOC2)c([N+](=O)[O-])c1. The molecular weight excluding hydrogens is 274 g/mol. The van der Waals surface area contributed by atoms with Crippen molar-refractivity contribution in [3.8, 4) is 0 Å². The molecule has 0 aliphatic carbocycles. The minimum atomic E-state index is -3.96. The van der Waals surface area contributed by atoms with Crippen LogP contribution in [-0.4, -0.2) is 32.6 Å². The quantitative estimate of drug-likeness (QED) is 0.611. The summed E-state index contributed by atoms with van der Waals surface area (Å²) in [5.41, 5.74) is -0.0636. The molecule has 1 saturated heterocycles. The van der Waals surface area contributed by atoms with Gasteiger partial charge in [-0.2, -0.15) is 0 Å². The fourth-order valence-electron chi connectivity index (χ4n) is 1.83. The molecular formula is C10H13N3O5S. The maximum absolute atomic E-state index is 11.2. The zero-order chi connectivity index (χ0) is 14.0. The van der Waals surface area contributed by atoms with E-state index in [1.165, 1.54) is 12.1 Å². The van der Waals surface area contributed by atoms with Gasteiger partial charge in [0.25, 0.3) is 5.69 Å². The fourth-order valence-corrected chi connectivity index (χ4v) is 2.36. The number of sulfonamides is 1. The maximum atomic E-state index is 11.2. The van der Waals surface area contributed by atoms with Crippen molar-refractivity contribution in [3.05, 3.63) is 28.3 Å². The summed E-state index contributed by atoms with van der Waals surface area (Å²) in [5, 5.41) is 18.9. The Bertz CT molecular complexity index is 595. The highest BCUT2D eigenvalue weighted by molar-refractivity contribution is 7.89. The highest BCUT2D eigenvalue weighted by Crippen LogP contribution is 2.28. The van der Waals surface area contributed by atoms with E-state index in [1.54, 1.807) is 0 Å². The lowest BCUT2D eigenvalue weighted by Gasteiger charge is -2.12. The summed E-state index contributed by atoms with van der Waals surface area (Å²) in [6.07, 6.45) is 0.744. The Balaban J connectivity index is 2.35. The van der Waals surface area contributed by atoms with Crippen molar-refractivity contribution in [3.63, 3.8) is 0 Å². The number of nitrogens with two attached hydrogens (primary N) is 1. The topological polar surface area (TPSA) is 125 Å². The molecule has 2 rings (SSSR count). The van der Waals surface area contributed by atoms with E-state index in [0.717, 1.165) is 12.5 Å². The molecule has 0 amide bonds. The van der Waals surface area contributed by atoms with E-state index in [1.807, 2.05) is 0 Å². The van der Waals surface area contributed by atoms with Crippen LogP contribution in [0.4, 0.5) is 11.4 Å². The van der Waals surface area contributed by atoms with E-state index in [0.29, 0.717) is 13.2 Å². The van der Waals surface area contributed by atoms with E-state index in [2.05, 4.69) is 5.32 Å². The van der Waals surface area contributed by atoms with Crippen molar-refractivity contribution in [2.75, 3.05) is 18.5 Å². The first-order valence-corrected chi connectivity index (χ1v) is 7.08. The predicted octanol–water partition coefficient (Wildman–Crippen LogP) is 0.443. The normalized spacial score (nSPS) is 19.3. The van der Waals surface area contributed by atoms with Crippen molar-refractivity contribution in [1.29, 1.82) is 0 Å². The van der Waals surface area contributed by atoms with Crippen LogP contribution in [0.5, 0.6) is 0 Å². The molecule has 0 spiro atoms. The minimum Gasteiger partial charge on any atom is -0.379 e. The number of rotatable bonds is 4. The van der Waals surface area contributed by atoms with Crippen molar-refractivity contribution in [1.82, 2.24) is 0 Å². The molecule has 0 aromatic heterocycles. The van der Waals surface area contributed by atoms with Gasteiger partial charge < -0.3 is 10.1 Å². The van der Waals surface area contributed by atoms with Gasteiger partial charge in [-0.3, -0.25) is 10.1 Å². The number of nitro groups is 1. The summed E-state index contributed by atoms with van der Waals surface area (Å²) in [6.45, 7) is 1.06. The van der Waals surface area contributed by atoms with Gasteiger partial charge in [0.2, 0.25) is 10.0 Å². The van der Waals surface area contributed by atoms with Gasteiger partial charge in [-0.25, -0.2) is 13.6 Å². The summed E-state index contributed by atoms with van der Waals surface area (Å²) in [4.78, 5) is 10.0. The van der Waals surface area contributed by atoms with Crippen LogP contribution >= 0.6 is 0 Å². The van der Waals surface area contributed by atoms with Crippen LogP contribution in [0, 0.1) is 10.1 Å². The van der Waals surface area contributed by atoms with Gasteiger partial charge >= 0.3 is 0 Å². The van der Waals surface area contributed by atoms with Crippen molar-refractivity contribution in [2.45, 2.75) is 17.4 Å². The fraction of sp³-hybridized carbons (Fsp3) is 0.400. The largest absolute Gasteiger partial charge is 0.379 e. The third kappa shape index (κ3) is 3.19. The van der Waals surface area contributed by atoms with Crippen LogP contribution in [0.15, 0.2) is 23.1 Å². The Hall–Kier alpha value is -1.71. The standard InChI is InChI=1S/C10H13N3O5S/c11-19(16,17)8-1-2-9(10(5-8)13(14)15)12-7-3-4-18-6-7/h1-2,5,7,12H,3-4,6H2,(H2,11,16,17)/t7-/m0/s1. The number of hydrogen-bond acceptors (Lipinski definition) is 6. The van der Waals surface area contributed by atoms with E-state index in [4.69, 9.17) is 9.88 Å². The molecule has 1 aromatic rings. The summed E-state index contributed by atoms with van der Waals surface area (Å²) in [7, 11) is -3.96. The van der Waals surface area contributed by atoms with E-state index >= 15 is 0 Å². The van der Waals surface area contributed by atoms with Crippen molar-refractivity contribution >= 4 is 21.4 Å². The van der Waals surface area contributed by atoms with Crippen LogP contribution in [0.1, 0.15) is 6.42 Å². The van der Waals surface area contributed by atoms with E-state index in [9.17, 15) is 18.5 Å². The molecule has 19 heavy (non-hydrogen) atoms. The average molecular weight is 287 g/mol. The molecule has 1 heterocycles. The molecule has 1 aromatic carbocycles. The molecule has 0 saturated carbocycles.